The zero-order chi connectivity index (χ0) is 13.1. The van der Waals surface area contributed by atoms with Gasteiger partial charge in [-0.15, -0.1) is 0 Å². The van der Waals surface area contributed by atoms with Gasteiger partial charge >= 0.3 is 0 Å². The zero-order valence-electron chi connectivity index (χ0n) is 11.1. The lowest BCUT2D eigenvalue weighted by molar-refractivity contribution is 0.266. The Kier molecular flexibility index (Phi) is 5.37. The van der Waals surface area contributed by atoms with Crippen molar-refractivity contribution in [2.45, 2.75) is 26.7 Å². The van der Waals surface area contributed by atoms with Gasteiger partial charge in [-0.3, -0.25) is 0 Å². The van der Waals surface area contributed by atoms with Crippen LogP contribution in [-0.2, 0) is 10.2 Å². The van der Waals surface area contributed by atoms with Crippen molar-refractivity contribution in [3.05, 3.63) is 0 Å². The molecule has 0 aromatic heterocycles. The average molecular weight is 263 g/mol. The first-order valence-electron chi connectivity index (χ1n) is 6.29. The molecule has 0 aromatic rings. The van der Waals surface area contributed by atoms with Crippen LogP contribution >= 0.6 is 0 Å². The molecule has 5 nitrogen and oxygen atoms in total. The quantitative estimate of drug-likeness (QED) is 0.785. The van der Waals surface area contributed by atoms with Crippen LogP contribution in [0.5, 0.6) is 0 Å². The van der Waals surface area contributed by atoms with E-state index in [1.165, 1.54) is 4.31 Å². The number of hydrogen-bond donors (Lipinski definition) is 1. The van der Waals surface area contributed by atoms with Gasteiger partial charge in [-0.2, -0.15) is 17.0 Å². The number of rotatable bonds is 5. The fraction of sp³-hybridized carbons (Fsp3) is 1.00. The molecule has 1 rings (SSSR count). The molecule has 0 amide bonds. The highest BCUT2D eigenvalue weighted by molar-refractivity contribution is 7.86. The Morgan fingerprint density at radius 2 is 1.94 bits per heavy atom. The molecule has 0 spiro atoms. The van der Waals surface area contributed by atoms with Crippen molar-refractivity contribution in [3.63, 3.8) is 0 Å². The van der Waals surface area contributed by atoms with Crippen LogP contribution in [0, 0.1) is 11.8 Å². The molecule has 1 fully saturated rings. The average Bonchev–Trinajstić information content (AvgIpc) is 2.29. The normalized spacial score (nSPS) is 21.9. The molecule has 0 aromatic carbocycles. The summed E-state index contributed by atoms with van der Waals surface area (Å²) in [6.45, 7) is 6.42. The molecule has 1 aliphatic rings. The summed E-state index contributed by atoms with van der Waals surface area (Å²) in [5.41, 5.74) is 5.53. The van der Waals surface area contributed by atoms with Gasteiger partial charge in [0.15, 0.2) is 0 Å². The molecule has 0 bridgehead atoms. The van der Waals surface area contributed by atoms with Gasteiger partial charge < -0.3 is 5.73 Å². The Morgan fingerprint density at radius 3 is 2.41 bits per heavy atom. The molecule has 17 heavy (non-hydrogen) atoms. The SMILES string of the molecule is CC1CCN(S(=O)(=O)N(C)CC(C)CN)CC1. The van der Waals surface area contributed by atoms with Crippen LogP contribution < -0.4 is 5.73 Å². The highest BCUT2D eigenvalue weighted by Gasteiger charge is 2.30. The summed E-state index contributed by atoms with van der Waals surface area (Å²) >= 11 is 0. The minimum atomic E-state index is -3.28. The van der Waals surface area contributed by atoms with E-state index in [4.69, 9.17) is 5.73 Å². The van der Waals surface area contributed by atoms with Crippen LogP contribution in [0.25, 0.3) is 0 Å². The standard InChI is InChI=1S/C11H25N3O2S/c1-10-4-6-14(7-5-10)17(15,16)13(3)9-11(2)8-12/h10-11H,4-9,12H2,1-3H3. The molecular formula is C11H25N3O2S. The van der Waals surface area contributed by atoms with Crippen molar-refractivity contribution < 1.29 is 8.42 Å². The van der Waals surface area contributed by atoms with E-state index in [9.17, 15) is 8.42 Å². The molecule has 0 aliphatic carbocycles. The minimum Gasteiger partial charge on any atom is -0.330 e. The summed E-state index contributed by atoms with van der Waals surface area (Å²) < 4.78 is 27.5. The summed E-state index contributed by atoms with van der Waals surface area (Å²) in [7, 11) is -1.64. The van der Waals surface area contributed by atoms with Crippen molar-refractivity contribution in [1.82, 2.24) is 8.61 Å². The van der Waals surface area contributed by atoms with E-state index < -0.39 is 10.2 Å². The van der Waals surface area contributed by atoms with Crippen molar-refractivity contribution in [2.75, 3.05) is 33.2 Å². The third-order valence-corrected chi connectivity index (χ3v) is 5.39. The Morgan fingerprint density at radius 1 is 1.41 bits per heavy atom. The van der Waals surface area contributed by atoms with Gasteiger partial charge in [-0.05, 0) is 31.2 Å². The zero-order valence-corrected chi connectivity index (χ0v) is 11.9. The second-order valence-corrected chi connectivity index (χ2v) is 7.25. The highest BCUT2D eigenvalue weighted by atomic mass is 32.2. The van der Waals surface area contributed by atoms with Gasteiger partial charge in [0.2, 0.25) is 0 Å². The molecule has 1 atom stereocenters. The van der Waals surface area contributed by atoms with Gasteiger partial charge in [0.1, 0.15) is 0 Å². The number of piperidine rings is 1. The fourth-order valence-electron chi connectivity index (χ4n) is 2.02. The predicted octanol–water partition coefficient (Wildman–Crippen LogP) is 0.490. The summed E-state index contributed by atoms with van der Waals surface area (Å²) in [5.74, 6) is 0.827. The van der Waals surface area contributed by atoms with E-state index in [2.05, 4.69) is 6.92 Å². The van der Waals surface area contributed by atoms with Gasteiger partial charge in [-0.1, -0.05) is 13.8 Å². The number of hydrogen-bond acceptors (Lipinski definition) is 3. The monoisotopic (exact) mass is 263 g/mol. The Hall–Kier alpha value is -0.170. The van der Waals surface area contributed by atoms with E-state index in [1.807, 2.05) is 6.92 Å². The summed E-state index contributed by atoms with van der Waals surface area (Å²) in [5, 5.41) is 0. The van der Waals surface area contributed by atoms with Crippen molar-refractivity contribution in [2.24, 2.45) is 17.6 Å². The molecule has 0 radical (unpaired) electrons. The Labute approximate surface area is 105 Å². The van der Waals surface area contributed by atoms with Gasteiger partial charge in [0.05, 0.1) is 0 Å². The molecule has 6 heteroatoms. The highest BCUT2D eigenvalue weighted by Crippen LogP contribution is 2.20. The third-order valence-electron chi connectivity index (χ3n) is 3.43. The first-order chi connectivity index (χ1) is 7.87. The lowest BCUT2D eigenvalue weighted by Gasteiger charge is -2.33. The molecule has 0 saturated carbocycles. The molecule has 1 saturated heterocycles. The molecule has 1 heterocycles. The van der Waals surface area contributed by atoms with Gasteiger partial charge in [0.25, 0.3) is 10.2 Å². The van der Waals surface area contributed by atoms with Crippen LogP contribution in [0.15, 0.2) is 0 Å². The lowest BCUT2D eigenvalue weighted by atomic mass is 10.0. The first-order valence-corrected chi connectivity index (χ1v) is 7.69. The van der Waals surface area contributed by atoms with Crippen LogP contribution in [0.4, 0.5) is 0 Å². The van der Waals surface area contributed by atoms with Crippen LogP contribution in [-0.4, -0.2) is 50.3 Å². The van der Waals surface area contributed by atoms with Crippen molar-refractivity contribution in [3.8, 4) is 0 Å². The largest absolute Gasteiger partial charge is 0.330 e. The second-order valence-electron chi connectivity index (χ2n) is 5.21. The predicted molar refractivity (Wildman–Crippen MR) is 69.7 cm³/mol. The number of nitrogens with two attached hydrogens (primary N) is 1. The van der Waals surface area contributed by atoms with Gasteiger partial charge in [0, 0.05) is 26.7 Å². The lowest BCUT2D eigenvalue weighted by Crippen LogP contribution is -2.47. The smallest absolute Gasteiger partial charge is 0.281 e. The summed E-state index contributed by atoms with van der Waals surface area (Å²) in [4.78, 5) is 0. The van der Waals surface area contributed by atoms with E-state index in [-0.39, 0.29) is 5.92 Å². The van der Waals surface area contributed by atoms with Gasteiger partial charge in [-0.25, -0.2) is 0 Å². The van der Waals surface area contributed by atoms with E-state index in [0.717, 1.165) is 12.8 Å². The first kappa shape index (κ1) is 14.9. The molecule has 1 aliphatic heterocycles. The molecular weight excluding hydrogens is 238 g/mol. The number of nitrogens with zero attached hydrogens (tertiary/aromatic N) is 2. The van der Waals surface area contributed by atoms with E-state index >= 15 is 0 Å². The molecule has 1 unspecified atom stereocenters. The molecule has 102 valence electrons. The Bertz CT molecular complexity index is 324. The Balaban J connectivity index is 2.61. The topological polar surface area (TPSA) is 66.6 Å². The maximum Gasteiger partial charge on any atom is 0.281 e. The summed E-state index contributed by atoms with van der Waals surface area (Å²) in [6.07, 6.45) is 1.92. The van der Waals surface area contributed by atoms with E-state index in [0.29, 0.717) is 32.1 Å². The van der Waals surface area contributed by atoms with Crippen LogP contribution in [0.1, 0.15) is 26.7 Å². The maximum atomic E-state index is 12.3. The van der Waals surface area contributed by atoms with Crippen molar-refractivity contribution >= 4 is 10.2 Å². The third kappa shape index (κ3) is 3.91. The summed E-state index contributed by atoms with van der Waals surface area (Å²) in [6, 6.07) is 0. The van der Waals surface area contributed by atoms with Crippen LogP contribution in [0.2, 0.25) is 0 Å². The van der Waals surface area contributed by atoms with Crippen LogP contribution in [0.3, 0.4) is 0 Å². The minimum absolute atomic E-state index is 0.193. The fourth-order valence-corrected chi connectivity index (χ4v) is 3.53. The van der Waals surface area contributed by atoms with E-state index in [1.54, 1.807) is 11.4 Å². The second kappa shape index (κ2) is 6.13. The maximum absolute atomic E-state index is 12.3. The molecule has 2 N–H and O–H groups in total. The van der Waals surface area contributed by atoms with Crippen molar-refractivity contribution in [1.29, 1.82) is 0 Å².